The second-order valence-corrected chi connectivity index (χ2v) is 4.37. The van der Waals surface area contributed by atoms with Crippen molar-refractivity contribution in [2.45, 2.75) is 6.92 Å². The van der Waals surface area contributed by atoms with E-state index in [1.54, 1.807) is 0 Å². The van der Waals surface area contributed by atoms with Gasteiger partial charge in [-0.25, -0.2) is 0 Å². The van der Waals surface area contributed by atoms with Gasteiger partial charge in [0.15, 0.2) is 0 Å². The van der Waals surface area contributed by atoms with Gasteiger partial charge >= 0.3 is 0 Å². The van der Waals surface area contributed by atoms with E-state index >= 15 is 0 Å². The van der Waals surface area contributed by atoms with Crippen LogP contribution in [0.3, 0.4) is 0 Å². The van der Waals surface area contributed by atoms with Crippen molar-refractivity contribution in [3.05, 3.63) is 66.4 Å². The van der Waals surface area contributed by atoms with Crippen molar-refractivity contribution in [1.82, 2.24) is 4.98 Å². The van der Waals surface area contributed by atoms with Crippen LogP contribution in [-0.4, -0.2) is 4.98 Å². The molecule has 0 spiro atoms. The third-order valence-electron chi connectivity index (χ3n) is 2.96. The van der Waals surface area contributed by atoms with Gasteiger partial charge in [0.2, 0.25) is 0 Å². The second-order valence-electron chi connectivity index (χ2n) is 4.37. The second kappa shape index (κ2) is 5.94. The van der Waals surface area contributed by atoms with Crippen LogP contribution < -0.4 is 5.32 Å². The molecule has 19 heavy (non-hydrogen) atoms. The number of hydrogen-bond donors (Lipinski definition) is 1. The molecule has 1 heterocycles. The van der Waals surface area contributed by atoms with Crippen molar-refractivity contribution in [3.8, 4) is 0 Å². The van der Waals surface area contributed by atoms with Gasteiger partial charge in [0.25, 0.3) is 0 Å². The number of nitrogens with zero attached hydrogens (tertiary/aromatic N) is 1. The number of fused-ring (bicyclic) bond motifs is 1. The first kappa shape index (κ1) is 13.7. The molecule has 0 saturated heterocycles. The molecule has 1 N–H and O–H groups in total. The molecule has 3 aromatic rings. The molecule has 0 aliphatic rings. The van der Waals surface area contributed by atoms with E-state index in [4.69, 9.17) is 0 Å². The number of rotatable bonds is 2. The smallest absolute Gasteiger partial charge is 0.0936 e. The van der Waals surface area contributed by atoms with Gasteiger partial charge < -0.3 is 5.32 Å². The Bertz CT molecular complexity index is 672. The summed E-state index contributed by atoms with van der Waals surface area (Å²) >= 11 is 0. The Morgan fingerprint density at radius 1 is 0.895 bits per heavy atom. The van der Waals surface area contributed by atoms with Crippen molar-refractivity contribution in [1.29, 1.82) is 0 Å². The standard InChI is InChI=1S/C16H14N2.Zn/c1-12-7-9-14(10-8-12)18-15-6-2-4-13-5-3-11-17-16(13)15;/h2-11,18H,1H3;. The summed E-state index contributed by atoms with van der Waals surface area (Å²) in [6.07, 6.45) is 1.82. The molecule has 90 valence electrons. The van der Waals surface area contributed by atoms with Crippen molar-refractivity contribution in [3.63, 3.8) is 0 Å². The van der Waals surface area contributed by atoms with Crippen LogP contribution in [0.1, 0.15) is 5.56 Å². The number of para-hydroxylation sites is 1. The number of benzene rings is 2. The molecular formula is C16H14N2Zn. The van der Waals surface area contributed by atoms with Gasteiger partial charge in [0.05, 0.1) is 11.2 Å². The maximum Gasteiger partial charge on any atom is 0.0936 e. The van der Waals surface area contributed by atoms with E-state index in [-0.39, 0.29) is 19.5 Å². The molecule has 3 heteroatoms. The first-order valence-electron chi connectivity index (χ1n) is 6.00. The van der Waals surface area contributed by atoms with Crippen LogP contribution in [0, 0.1) is 6.92 Å². The molecule has 0 atom stereocenters. The molecule has 1 aromatic heterocycles. The minimum Gasteiger partial charge on any atom is -0.354 e. The number of pyridine rings is 1. The van der Waals surface area contributed by atoms with Crippen LogP contribution in [-0.2, 0) is 19.5 Å². The molecule has 3 rings (SSSR count). The summed E-state index contributed by atoms with van der Waals surface area (Å²) in [4.78, 5) is 4.43. The summed E-state index contributed by atoms with van der Waals surface area (Å²) in [6.45, 7) is 2.09. The summed E-state index contributed by atoms with van der Waals surface area (Å²) in [5.41, 5.74) is 4.38. The predicted octanol–water partition coefficient (Wildman–Crippen LogP) is 4.28. The zero-order valence-electron chi connectivity index (χ0n) is 10.9. The predicted molar refractivity (Wildman–Crippen MR) is 76.2 cm³/mol. The first-order chi connectivity index (χ1) is 8.83. The SMILES string of the molecule is Cc1ccc(Nc2cccc3cccnc23)cc1.[Zn]. The number of hydrogen-bond acceptors (Lipinski definition) is 2. The first-order valence-corrected chi connectivity index (χ1v) is 6.00. The molecule has 0 unspecified atom stereocenters. The van der Waals surface area contributed by atoms with Crippen molar-refractivity contribution in [2.24, 2.45) is 0 Å². The topological polar surface area (TPSA) is 24.9 Å². The molecule has 2 aromatic carbocycles. The van der Waals surface area contributed by atoms with Crippen LogP contribution in [0.4, 0.5) is 11.4 Å². The summed E-state index contributed by atoms with van der Waals surface area (Å²) in [5, 5.41) is 4.56. The molecule has 0 fully saturated rings. The van der Waals surface area contributed by atoms with Crippen LogP contribution in [0.15, 0.2) is 60.8 Å². The number of nitrogens with one attached hydrogen (secondary N) is 1. The Morgan fingerprint density at radius 2 is 1.63 bits per heavy atom. The van der Waals surface area contributed by atoms with Gasteiger partial charge in [-0.05, 0) is 31.2 Å². The van der Waals surface area contributed by atoms with E-state index in [2.05, 4.69) is 59.7 Å². The van der Waals surface area contributed by atoms with Gasteiger partial charge in [-0.3, -0.25) is 4.98 Å². The average Bonchev–Trinajstić information content (AvgIpc) is 2.42. The van der Waals surface area contributed by atoms with E-state index in [0.29, 0.717) is 0 Å². The largest absolute Gasteiger partial charge is 0.354 e. The third-order valence-corrected chi connectivity index (χ3v) is 2.96. The minimum atomic E-state index is 0. The minimum absolute atomic E-state index is 0. The van der Waals surface area contributed by atoms with E-state index in [1.807, 2.05) is 18.3 Å². The van der Waals surface area contributed by atoms with Crippen LogP contribution in [0.2, 0.25) is 0 Å². The van der Waals surface area contributed by atoms with Gasteiger partial charge in [0, 0.05) is 36.7 Å². The molecule has 2 nitrogen and oxygen atoms in total. The molecule has 0 saturated carbocycles. The van der Waals surface area contributed by atoms with E-state index < -0.39 is 0 Å². The zero-order chi connectivity index (χ0) is 12.4. The van der Waals surface area contributed by atoms with Crippen molar-refractivity contribution >= 4 is 22.3 Å². The van der Waals surface area contributed by atoms with Gasteiger partial charge in [-0.15, -0.1) is 0 Å². The third kappa shape index (κ3) is 2.99. The molecule has 0 radical (unpaired) electrons. The van der Waals surface area contributed by atoms with Crippen LogP contribution in [0.5, 0.6) is 0 Å². The van der Waals surface area contributed by atoms with Gasteiger partial charge in [-0.1, -0.05) is 35.9 Å². The Labute approximate surface area is 125 Å². The summed E-state index contributed by atoms with van der Waals surface area (Å²) in [6, 6.07) is 18.6. The zero-order valence-corrected chi connectivity index (χ0v) is 13.9. The fraction of sp³-hybridized carbons (Fsp3) is 0.0625. The fourth-order valence-electron chi connectivity index (χ4n) is 2.00. The van der Waals surface area contributed by atoms with E-state index in [9.17, 15) is 0 Å². The molecule has 0 amide bonds. The quantitative estimate of drug-likeness (QED) is 0.714. The number of aromatic nitrogens is 1. The Balaban J connectivity index is 0.00000133. The molecule has 0 aliphatic carbocycles. The Hall–Kier alpha value is -1.73. The van der Waals surface area contributed by atoms with Crippen LogP contribution in [0.25, 0.3) is 10.9 Å². The Morgan fingerprint density at radius 3 is 2.42 bits per heavy atom. The summed E-state index contributed by atoms with van der Waals surface area (Å²) in [5.74, 6) is 0. The fourth-order valence-corrected chi connectivity index (χ4v) is 2.00. The summed E-state index contributed by atoms with van der Waals surface area (Å²) in [7, 11) is 0. The molecule has 0 bridgehead atoms. The maximum atomic E-state index is 4.43. The normalized spacial score (nSPS) is 9.95. The van der Waals surface area contributed by atoms with Gasteiger partial charge in [-0.2, -0.15) is 0 Å². The van der Waals surface area contributed by atoms with Crippen LogP contribution >= 0.6 is 0 Å². The monoisotopic (exact) mass is 298 g/mol. The number of aryl methyl sites for hydroxylation is 1. The van der Waals surface area contributed by atoms with Gasteiger partial charge in [0.1, 0.15) is 0 Å². The maximum absolute atomic E-state index is 4.43. The Kier molecular flexibility index (Phi) is 4.29. The number of anilines is 2. The van der Waals surface area contributed by atoms with Crippen molar-refractivity contribution < 1.29 is 19.5 Å². The average molecular weight is 300 g/mol. The van der Waals surface area contributed by atoms with E-state index in [1.165, 1.54) is 5.56 Å². The molecule has 0 aliphatic heterocycles. The summed E-state index contributed by atoms with van der Waals surface area (Å²) < 4.78 is 0. The van der Waals surface area contributed by atoms with Crippen molar-refractivity contribution in [2.75, 3.05) is 5.32 Å². The molecular weight excluding hydrogens is 286 g/mol. The van der Waals surface area contributed by atoms with E-state index in [0.717, 1.165) is 22.3 Å².